The molecule has 0 saturated carbocycles. The number of unbranched alkanes of at least 4 members (excludes halogenated alkanes) is 1. The van der Waals surface area contributed by atoms with Crippen LogP contribution in [0, 0.1) is 0 Å². The maximum absolute atomic E-state index is 12.5. The van der Waals surface area contributed by atoms with Crippen LogP contribution in [0.3, 0.4) is 0 Å². The van der Waals surface area contributed by atoms with E-state index in [1.54, 1.807) is 12.2 Å². The van der Waals surface area contributed by atoms with E-state index >= 15 is 0 Å². The van der Waals surface area contributed by atoms with Crippen LogP contribution in [0.15, 0.2) is 59.4 Å². The first-order valence-corrected chi connectivity index (χ1v) is 13.0. The normalized spacial score (nSPS) is 19.1. The molecule has 0 aromatic carbocycles. The maximum Gasteiger partial charge on any atom is 0.237 e. The average Bonchev–Trinajstić information content (AvgIpc) is 3.05. The summed E-state index contributed by atoms with van der Waals surface area (Å²) in [6.07, 6.45) is 14.3. The van der Waals surface area contributed by atoms with E-state index in [9.17, 15) is 8.42 Å². The molecule has 180 valence electrons. The molecule has 1 aliphatic heterocycles. The van der Waals surface area contributed by atoms with Crippen LogP contribution >= 0.6 is 0 Å². The van der Waals surface area contributed by atoms with Gasteiger partial charge in [0, 0.05) is 38.3 Å². The first-order valence-electron chi connectivity index (χ1n) is 11.5. The first kappa shape index (κ1) is 26.4. The lowest BCUT2D eigenvalue weighted by Crippen LogP contribution is -2.26. The molecule has 8 heteroatoms. The highest BCUT2D eigenvalue weighted by Crippen LogP contribution is 2.25. The zero-order chi connectivity index (χ0) is 23.4. The van der Waals surface area contributed by atoms with E-state index in [4.69, 9.17) is 4.74 Å². The minimum atomic E-state index is -3.46. The van der Waals surface area contributed by atoms with Gasteiger partial charge in [-0.2, -0.15) is 0 Å². The Labute approximate surface area is 194 Å². The molecule has 7 nitrogen and oxygen atoms in total. The van der Waals surface area contributed by atoms with E-state index in [2.05, 4.69) is 32.5 Å². The van der Waals surface area contributed by atoms with Crippen molar-refractivity contribution in [3.05, 3.63) is 59.4 Å². The second-order valence-corrected chi connectivity index (χ2v) is 10.3. The van der Waals surface area contributed by atoms with Gasteiger partial charge in [-0.1, -0.05) is 12.7 Å². The van der Waals surface area contributed by atoms with Crippen LogP contribution in [0.25, 0.3) is 0 Å². The monoisotopic (exact) mass is 464 g/mol. The summed E-state index contributed by atoms with van der Waals surface area (Å²) in [5.41, 5.74) is 1.10. The molecule has 0 spiro atoms. The molecule has 1 fully saturated rings. The van der Waals surface area contributed by atoms with Crippen molar-refractivity contribution in [3.63, 3.8) is 0 Å². The standard InChI is InChI=1S/C24H40N4O3S/c1-5-22(28-18-9-14-25-16-19-28)11-8-10-21(2)31-23-12-13-24(20-23)32(29,30)26-15-6-7-17-27(3)4/h5,8,10-13,21,25-26H,1,6-7,9,14-20H2,2-4H3/b10-8-,22-11+. The molecule has 1 aliphatic carbocycles. The molecule has 0 aromatic rings. The number of rotatable bonds is 13. The number of ether oxygens (including phenoxy) is 1. The molecule has 0 aromatic heterocycles. The number of nitrogens with zero attached hydrogens (tertiary/aromatic N) is 2. The van der Waals surface area contributed by atoms with Crippen LogP contribution in [0.4, 0.5) is 0 Å². The van der Waals surface area contributed by atoms with Gasteiger partial charge in [0.25, 0.3) is 0 Å². The Hall–Kier alpha value is -1.87. The number of nitrogens with one attached hydrogen (secondary N) is 2. The predicted octanol–water partition coefficient (Wildman–Crippen LogP) is 2.75. The minimum Gasteiger partial charge on any atom is -0.491 e. The van der Waals surface area contributed by atoms with Gasteiger partial charge in [0.15, 0.2) is 0 Å². The van der Waals surface area contributed by atoms with Gasteiger partial charge in [-0.3, -0.25) is 0 Å². The molecule has 32 heavy (non-hydrogen) atoms. The molecular formula is C24H40N4O3S. The highest BCUT2D eigenvalue weighted by atomic mass is 32.2. The molecule has 0 amide bonds. The molecule has 1 unspecified atom stereocenters. The van der Waals surface area contributed by atoms with Crippen molar-refractivity contribution in [1.82, 2.24) is 19.8 Å². The summed E-state index contributed by atoms with van der Waals surface area (Å²) >= 11 is 0. The largest absolute Gasteiger partial charge is 0.491 e. The summed E-state index contributed by atoms with van der Waals surface area (Å²) in [6.45, 7) is 11.3. The van der Waals surface area contributed by atoms with Crippen molar-refractivity contribution >= 4 is 10.0 Å². The molecule has 0 radical (unpaired) electrons. The lowest BCUT2D eigenvalue weighted by Gasteiger charge is -2.23. The third-order valence-corrected chi connectivity index (χ3v) is 6.93. The van der Waals surface area contributed by atoms with Crippen molar-refractivity contribution in [2.45, 2.75) is 38.7 Å². The van der Waals surface area contributed by atoms with Crippen molar-refractivity contribution in [2.75, 3.05) is 53.4 Å². The zero-order valence-electron chi connectivity index (χ0n) is 19.8. The van der Waals surface area contributed by atoms with Gasteiger partial charge < -0.3 is 19.9 Å². The smallest absolute Gasteiger partial charge is 0.237 e. The fourth-order valence-electron chi connectivity index (χ4n) is 3.59. The van der Waals surface area contributed by atoms with Crippen LogP contribution in [-0.4, -0.2) is 77.7 Å². The van der Waals surface area contributed by atoms with Gasteiger partial charge >= 0.3 is 0 Å². The second-order valence-electron chi connectivity index (χ2n) is 8.45. The molecular weight excluding hydrogens is 424 g/mol. The highest BCUT2D eigenvalue weighted by molar-refractivity contribution is 7.93. The number of sulfonamides is 1. The topological polar surface area (TPSA) is 73.9 Å². The molecule has 0 bridgehead atoms. The Balaban J connectivity index is 1.77. The molecule has 1 heterocycles. The summed E-state index contributed by atoms with van der Waals surface area (Å²) in [4.78, 5) is 4.79. The summed E-state index contributed by atoms with van der Waals surface area (Å²) in [5.74, 6) is 0.668. The summed E-state index contributed by atoms with van der Waals surface area (Å²) in [6, 6.07) is 0. The lowest BCUT2D eigenvalue weighted by atomic mass is 10.2. The van der Waals surface area contributed by atoms with Gasteiger partial charge in [0.1, 0.15) is 11.9 Å². The van der Waals surface area contributed by atoms with Gasteiger partial charge in [-0.05, 0) is 83.8 Å². The minimum absolute atomic E-state index is 0.163. The average molecular weight is 465 g/mol. The van der Waals surface area contributed by atoms with Gasteiger partial charge in [-0.15, -0.1) is 0 Å². The van der Waals surface area contributed by atoms with E-state index in [0.717, 1.165) is 57.7 Å². The third kappa shape index (κ3) is 9.32. The fourth-order valence-corrected chi connectivity index (χ4v) is 4.77. The highest BCUT2D eigenvalue weighted by Gasteiger charge is 2.22. The molecule has 1 atom stereocenters. The van der Waals surface area contributed by atoms with Crippen molar-refractivity contribution in [1.29, 1.82) is 0 Å². The Bertz CT molecular complexity index is 820. The number of hydrogen-bond donors (Lipinski definition) is 2. The Morgan fingerprint density at radius 3 is 2.88 bits per heavy atom. The lowest BCUT2D eigenvalue weighted by molar-refractivity contribution is 0.167. The van der Waals surface area contributed by atoms with Crippen molar-refractivity contribution in [3.8, 4) is 0 Å². The molecule has 2 N–H and O–H groups in total. The van der Waals surface area contributed by atoms with E-state index in [0.29, 0.717) is 23.6 Å². The van der Waals surface area contributed by atoms with Crippen molar-refractivity contribution < 1.29 is 13.2 Å². The fraction of sp³-hybridized carbons (Fsp3) is 0.583. The van der Waals surface area contributed by atoms with Crippen LogP contribution in [0.1, 0.15) is 32.6 Å². The van der Waals surface area contributed by atoms with Crippen LogP contribution in [-0.2, 0) is 14.8 Å². The third-order valence-electron chi connectivity index (χ3n) is 5.37. The molecule has 2 rings (SSSR count). The van der Waals surface area contributed by atoms with Gasteiger partial charge in [-0.25, -0.2) is 13.1 Å². The quantitative estimate of drug-likeness (QED) is 0.323. The first-order chi connectivity index (χ1) is 15.3. The van der Waals surface area contributed by atoms with E-state index < -0.39 is 10.0 Å². The number of hydrogen-bond acceptors (Lipinski definition) is 6. The van der Waals surface area contributed by atoms with Gasteiger partial charge in [0.2, 0.25) is 10.0 Å². The summed E-state index contributed by atoms with van der Waals surface area (Å²) in [7, 11) is 0.566. The molecule has 2 aliphatic rings. The second kappa shape index (κ2) is 13.6. The van der Waals surface area contributed by atoms with Crippen LogP contribution in [0.5, 0.6) is 0 Å². The Morgan fingerprint density at radius 1 is 1.31 bits per heavy atom. The number of allylic oxidation sites excluding steroid dienone is 6. The van der Waals surface area contributed by atoms with E-state index in [1.165, 1.54) is 0 Å². The predicted molar refractivity (Wildman–Crippen MR) is 133 cm³/mol. The Morgan fingerprint density at radius 2 is 2.12 bits per heavy atom. The van der Waals surface area contributed by atoms with Crippen LogP contribution < -0.4 is 10.0 Å². The van der Waals surface area contributed by atoms with E-state index in [1.807, 2.05) is 39.2 Å². The Kier molecular flexibility index (Phi) is 11.2. The van der Waals surface area contributed by atoms with Crippen LogP contribution in [0.2, 0.25) is 0 Å². The van der Waals surface area contributed by atoms with Crippen molar-refractivity contribution in [2.24, 2.45) is 0 Å². The summed E-state index contributed by atoms with van der Waals surface area (Å²) < 4.78 is 33.6. The van der Waals surface area contributed by atoms with E-state index in [-0.39, 0.29) is 6.10 Å². The van der Waals surface area contributed by atoms with Gasteiger partial charge in [0.05, 0.1) is 4.91 Å². The summed E-state index contributed by atoms with van der Waals surface area (Å²) in [5, 5.41) is 3.40. The molecule has 1 saturated heterocycles. The zero-order valence-corrected chi connectivity index (χ0v) is 20.7. The maximum atomic E-state index is 12.5. The SMILES string of the molecule is C=C/C(=C\C=C/C(C)OC1=CC=C(S(=O)(=O)NCCCCN(C)C)C1)N1CCCNCC1.